The number of hydrogen-bond acceptors (Lipinski definition) is 3. The summed E-state index contributed by atoms with van der Waals surface area (Å²) in [5.41, 5.74) is 0.518. The van der Waals surface area contributed by atoms with Gasteiger partial charge in [0, 0.05) is 29.4 Å². The van der Waals surface area contributed by atoms with Gasteiger partial charge in [-0.1, -0.05) is 20.8 Å². The molecule has 0 bridgehead atoms. The van der Waals surface area contributed by atoms with E-state index < -0.39 is 0 Å². The standard InChI is InChI=1S/C14H24N2S/c1-4-15-9-12-5-6-13(17-12)10-16-8-7-14(2,3)11-16/h5-6,15H,4,7-11H2,1-3H3. The summed E-state index contributed by atoms with van der Waals surface area (Å²) in [5.74, 6) is 0. The van der Waals surface area contributed by atoms with Gasteiger partial charge in [-0.3, -0.25) is 4.90 Å². The molecule has 1 aliphatic rings. The van der Waals surface area contributed by atoms with Crippen molar-refractivity contribution in [1.29, 1.82) is 0 Å². The Hall–Kier alpha value is -0.380. The molecule has 1 aromatic rings. The Balaban J connectivity index is 1.85. The summed E-state index contributed by atoms with van der Waals surface area (Å²) in [6.45, 7) is 12.6. The van der Waals surface area contributed by atoms with Crippen molar-refractivity contribution in [3.8, 4) is 0 Å². The Labute approximate surface area is 109 Å². The van der Waals surface area contributed by atoms with Gasteiger partial charge < -0.3 is 5.32 Å². The van der Waals surface area contributed by atoms with Crippen LogP contribution in [0.2, 0.25) is 0 Å². The van der Waals surface area contributed by atoms with Crippen LogP contribution >= 0.6 is 11.3 Å². The molecule has 0 radical (unpaired) electrons. The predicted molar refractivity (Wildman–Crippen MR) is 75.4 cm³/mol. The summed E-state index contributed by atoms with van der Waals surface area (Å²) in [6, 6.07) is 4.56. The minimum absolute atomic E-state index is 0.518. The Morgan fingerprint density at radius 3 is 2.76 bits per heavy atom. The first kappa shape index (κ1) is 13.1. The van der Waals surface area contributed by atoms with E-state index in [1.165, 1.54) is 29.3 Å². The minimum atomic E-state index is 0.518. The number of likely N-dealkylation sites (tertiary alicyclic amines) is 1. The summed E-state index contributed by atoms with van der Waals surface area (Å²) in [7, 11) is 0. The number of hydrogen-bond donors (Lipinski definition) is 1. The molecule has 2 nitrogen and oxygen atoms in total. The zero-order chi connectivity index (χ0) is 12.3. The lowest BCUT2D eigenvalue weighted by atomic mass is 9.93. The Morgan fingerprint density at radius 1 is 1.35 bits per heavy atom. The van der Waals surface area contributed by atoms with Crippen molar-refractivity contribution in [2.75, 3.05) is 19.6 Å². The molecule has 0 spiro atoms. The fraction of sp³-hybridized carbons (Fsp3) is 0.714. The van der Waals surface area contributed by atoms with E-state index in [9.17, 15) is 0 Å². The van der Waals surface area contributed by atoms with Gasteiger partial charge >= 0.3 is 0 Å². The predicted octanol–water partition coefficient (Wildman–Crippen LogP) is 3.09. The van der Waals surface area contributed by atoms with Crippen molar-refractivity contribution >= 4 is 11.3 Å². The summed E-state index contributed by atoms with van der Waals surface area (Å²) in [5, 5.41) is 3.38. The number of nitrogens with one attached hydrogen (secondary N) is 1. The maximum Gasteiger partial charge on any atom is 0.0328 e. The molecule has 1 saturated heterocycles. The lowest BCUT2D eigenvalue weighted by Gasteiger charge is -2.18. The van der Waals surface area contributed by atoms with E-state index >= 15 is 0 Å². The van der Waals surface area contributed by atoms with Crippen LogP contribution in [0.15, 0.2) is 12.1 Å². The van der Waals surface area contributed by atoms with Crippen molar-refractivity contribution in [3.05, 3.63) is 21.9 Å². The summed E-state index contributed by atoms with van der Waals surface area (Å²) >= 11 is 1.96. The van der Waals surface area contributed by atoms with E-state index in [0.29, 0.717) is 5.41 Å². The molecule has 0 aliphatic carbocycles. The molecule has 0 amide bonds. The highest BCUT2D eigenvalue weighted by molar-refractivity contribution is 7.11. The summed E-state index contributed by atoms with van der Waals surface area (Å²) in [6.07, 6.45) is 1.34. The Kier molecular flexibility index (Phi) is 4.23. The molecule has 1 aliphatic heterocycles. The monoisotopic (exact) mass is 252 g/mol. The van der Waals surface area contributed by atoms with Crippen LogP contribution in [0, 0.1) is 5.41 Å². The highest BCUT2D eigenvalue weighted by atomic mass is 32.1. The van der Waals surface area contributed by atoms with Crippen LogP contribution in [-0.2, 0) is 13.1 Å². The zero-order valence-electron chi connectivity index (χ0n) is 11.3. The molecule has 1 N–H and O–H groups in total. The quantitative estimate of drug-likeness (QED) is 0.866. The molecule has 3 heteroatoms. The van der Waals surface area contributed by atoms with Gasteiger partial charge in [0.25, 0.3) is 0 Å². The normalized spacial score (nSPS) is 19.9. The first-order chi connectivity index (χ1) is 8.09. The summed E-state index contributed by atoms with van der Waals surface area (Å²) < 4.78 is 0. The fourth-order valence-corrected chi connectivity index (χ4v) is 3.46. The van der Waals surface area contributed by atoms with Gasteiger partial charge in [0.2, 0.25) is 0 Å². The van der Waals surface area contributed by atoms with E-state index in [2.05, 4.69) is 43.1 Å². The highest BCUT2D eigenvalue weighted by Gasteiger charge is 2.28. The van der Waals surface area contributed by atoms with Gasteiger partial charge in [-0.2, -0.15) is 0 Å². The molecule has 96 valence electrons. The molecule has 1 fully saturated rings. The van der Waals surface area contributed by atoms with Crippen LogP contribution in [0.25, 0.3) is 0 Å². The second-order valence-corrected chi connectivity index (χ2v) is 7.03. The molecule has 0 unspecified atom stereocenters. The third kappa shape index (κ3) is 3.80. The molecule has 1 aromatic heterocycles. The molecule has 0 aromatic carbocycles. The van der Waals surface area contributed by atoms with Gasteiger partial charge in [0.15, 0.2) is 0 Å². The largest absolute Gasteiger partial charge is 0.312 e. The smallest absolute Gasteiger partial charge is 0.0328 e. The van der Waals surface area contributed by atoms with E-state index in [1.807, 2.05) is 11.3 Å². The van der Waals surface area contributed by atoms with Gasteiger partial charge in [0.1, 0.15) is 0 Å². The third-order valence-corrected chi connectivity index (χ3v) is 4.47. The van der Waals surface area contributed by atoms with Crippen LogP contribution in [0.3, 0.4) is 0 Å². The average Bonchev–Trinajstić information content (AvgIpc) is 2.83. The van der Waals surface area contributed by atoms with E-state index in [-0.39, 0.29) is 0 Å². The molecule has 0 saturated carbocycles. The Morgan fingerprint density at radius 2 is 2.12 bits per heavy atom. The maximum atomic E-state index is 3.38. The van der Waals surface area contributed by atoms with Crippen LogP contribution in [0.1, 0.15) is 36.9 Å². The second-order valence-electron chi connectivity index (χ2n) is 5.77. The number of thiophene rings is 1. The zero-order valence-corrected chi connectivity index (χ0v) is 12.1. The molecule has 0 atom stereocenters. The number of rotatable bonds is 5. The van der Waals surface area contributed by atoms with Crippen molar-refractivity contribution in [2.45, 2.75) is 40.3 Å². The average molecular weight is 252 g/mol. The fourth-order valence-electron chi connectivity index (χ4n) is 2.43. The highest BCUT2D eigenvalue weighted by Crippen LogP contribution is 2.30. The van der Waals surface area contributed by atoms with Crippen molar-refractivity contribution < 1.29 is 0 Å². The summed E-state index contributed by atoms with van der Waals surface area (Å²) in [4.78, 5) is 5.55. The van der Waals surface area contributed by atoms with Crippen LogP contribution in [-0.4, -0.2) is 24.5 Å². The molecular weight excluding hydrogens is 228 g/mol. The van der Waals surface area contributed by atoms with Gasteiger partial charge in [-0.25, -0.2) is 0 Å². The van der Waals surface area contributed by atoms with Gasteiger partial charge in [-0.05, 0) is 37.1 Å². The Bertz CT molecular complexity index is 357. The topological polar surface area (TPSA) is 15.3 Å². The van der Waals surface area contributed by atoms with Gasteiger partial charge in [-0.15, -0.1) is 11.3 Å². The molecular formula is C14H24N2S. The van der Waals surface area contributed by atoms with E-state index in [0.717, 1.165) is 19.6 Å². The first-order valence-electron chi connectivity index (χ1n) is 6.60. The number of nitrogens with zero attached hydrogens (tertiary/aromatic N) is 1. The van der Waals surface area contributed by atoms with E-state index in [1.54, 1.807) is 0 Å². The van der Waals surface area contributed by atoms with Crippen LogP contribution in [0.4, 0.5) is 0 Å². The lowest BCUT2D eigenvalue weighted by Crippen LogP contribution is -2.22. The maximum absolute atomic E-state index is 3.38. The molecule has 2 rings (SSSR count). The third-order valence-electron chi connectivity index (χ3n) is 3.40. The SMILES string of the molecule is CCNCc1ccc(CN2CCC(C)(C)C2)s1. The van der Waals surface area contributed by atoms with Crippen molar-refractivity contribution in [1.82, 2.24) is 10.2 Å². The van der Waals surface area contributed by atoms with Crippen LogP contribution < -0.4 is 5.32 Å². The molecule has 2 heterocycles. The molecule has 17 heavy (non-hydrogen) atoms. The first-order valence-corrected chi connectivity index (χ1v) is 7.41. The van der Waals surface area contributed by atoms with E-state index in [4.69, 9.17) is 0 Å². The van der Waals surface area contributed by atoms with Gasteiger partial charge in [0.05, 0.1) is 0 Å². The van der Waals surface area contributed by atoms with Crippen molar-refractivity contribution in [3.63, 3.8) is 0 Å². The van der Waals surface area contributed by atoms with Crippen molar-refractivity contribution in [2.24, 2.45) is 5.41 Å². The van der Waals surface area contributed by atoms with Crippen LogP contribution in [0.5, 0.6) is 0 Å². The lowest BCUT2D eigenvalue weighted by molar-refractivity contribution is 0.286. The second kappa shape index (κ2) is 5.51. The minimum Gasteiger partial charge on any atom is -0.312 e.